The van der Waals surface area contributed by atoms with Crippen LogP contribution >= 0.6 is 0 Å². The van der Waals surface area contributed by atoms with Crippen molar-refractivity contribution in [3.8, 4) is 0 Å². The molecule has 0 atom stereocenters. The molecule has 2 heterocycles. The summed E-state index contributed by atoms with van der Waals surface area (Å²) in [6.45, 7) is 5.98. The first-order valence-corrected chi connectivity index (χ1v) is 8.28. The molecule has 0 saturated heterocycles. The number of nitrogens with zero attached hydrogens (tertiary/aromatic N) is 4. The van der Waals surface area contributed by atoms with Crippen LogP contribution in [0.2, 0.25) is 0 Å². The van der Waals surface area contributed by atoms with Gasteiger partial charge in [0.2, 0.25) is 5.91 Å². The summed E-state index contributed by atoms with van der Waals surface area (Å²) in [6.07, 6.45) is 0. The van der Waals surface area contributed by atoms with Gasteiger partial charge in [-0.25, -0.2) is 0 Å². The van der Waals surface area contributed by atoms with E-state index in [1.807, 2.05) is 58.0 Å². The SMILES string of the molecule is Cc1nn(C(C)C)c2c1N(C(=O)CN(C)C)c1ccccc1NC2=O. The third-order valence-electron chi connectivity index (χ3n) is 4.08. The maximum atomic E-state index is 13.0. The molecular weight excluding hydrogens is 318 g/mol. The van der Waals surface area contributed by atoms with Crippen molar-refractivity contribution >= 4 is 28.9 Å². The smallest absolute Gasteiger partial charge is 0.276 e. The molecule has 0 unspecified atom stereocenters. The first kappa shape index (κ1) is 17.2. The predicted octanol–water partition coefficient (Wildman–Crippen LogP) is 2.56. The highest BCUT2D eigenvalue weighted by atomic mass is 16.2. The van der Waals surface area contributed by atoms with Gasteiger partial charge in [-0.1, -0.05) is 12.1 Å². The van der Waals surface area contributed by atoms with Crippen molar-refractivity contribution in [1.29, 1.82) is 0 Å². The highest BCUT2D eigenvalue weighted by Gasteiger charge is 2.35. The van der Waals surface area contributed by atoms with Crippen LogP contribution in [0.1, 0.15) is 36.1 Å². The van der Waals surface area contributed by atoms with E-state index in [4.69, 9.17) is 0 Å². The average Bonchev–Trinajstić information content (AvgIpc) is 2.79. The Morgan fingerprint density at radius 1 is 1.28 bits per heavy atom. The molecule has 3 rings (SSSR count). The minimum atomic E-state index is -0.253. The molecule has 132 valence electrons. The molecule has 0 aliphatic carbocycles. The first-order valence-electron chi connectivity index (χ1n) is 8.28. The molecule has 7 nitrogen and oxygen atoms in total. The summed E-state index contributed by atoms with van der Waals surface area (Å²) < 4.78 is 1.68. The van der Waals surface area contributed by atoms with Gasteiger partial charge in [0, 0.05) is 6.04 Å². The Bertz CT molecular complexity index is 838. The lowest BCUT2D eigenvalue weighted by molar-refractivity contribution is -0.118. The van der Waals surface area contributed by atoms with Crippen molar-refractivity contribution in [1.82, 2.24) is 14.7 Å². The van der Waals surface area contributed by atoms with Crippen molar-refractivity contribution in [3.05, 3.63) is 35.7 Å². The molecule has 0 bridgehead atoms. The van der Waals surface area contributed by atoms with Gasteiger partial charge in [0.25, 0.3) is 5.91 Å². The van der Waals surface area contributed by atoms with Crippen molar-refractivity contribution in [3.63, 3.8) is 0 Å². The average molecular weight is 341 g/mol. The fraction of sp³-hybridized carbons (Fsp3) is 0.389. The van der Waals surface area contributed by atoms with Crippen molar-refractivity contribution in [2.75, 3.05) is 30.9 Å². The summed E-state index contributed by atoms with van der Waals surface area (Å²) in [5.74, 6) is -0.362. The largest absolute Gasteiger partial charge is 0.319 e. The molecule has 7 heteroatoms. The van der Waals surface area contributed by atoms with Crippen LogP contribution in [0, 0.1) is 6.92 Å². The second-order valence-electron chi connectivity index (χ2n) is 6.76. The number of anilines is 3. The predicted molar refractivity (Wildman–Crippen MR) is 97.4 cm³/mol. The van der Waals surface area contributed by atoms with Crippen LogP contribution < -0.4 is 10.2 Å². The van der Waals surface area contributed by atoms with Crippen LogP contribution in [0.25, 0.3) is 0 Å². The quantitative estimate of drug-likeness (QED) is 0.931. The molecule has 0 saturated carbocycles. The van der Waals surface area contributed by atoms with Crippen molar-refractivity contribution < 1.29 is 9.59 Å². The van der Waals surface area contributed by atoms with E-state index in [0.717, 1.165) is 0 Å². The van der Waals surface area contributed by atoms with E-state index < -0.39 is 0 Å². The van der Waals surface area contributed by atoms with Crippen LogP contribution in [0.3, 0.4) is 0 Å². The number of carbonyl (C=O) groups is 2. The lowest BCUT2D eigenvalue weighted by atomic mass is 10.2. The van der Waals surface area contributed by atoms with E-state index in [1.54, 1.807) is 15.6 Å². The highest BCUT2D eigenvalue weighted by molar-refractivity contribution is 6.17. The summed E-state index contributed by atoms with van der Waals surface area (Å²) in [5, 5.41) is 7.43. The van der Waals surface area contributed by atoms with E-state index in [9.17, 15) is 9.59 Å². The minimum absolute atomic E-state index is 0.000197. The number of para-hydroxylation sites is 2. The number of benzene rings is 1. The molecule has 0 spiro atoms. The van der Waals surface area contributed by atoms with Gasteiger partial charge in [0.05, 0.1) is 23.6 Å². The van der Waals surface area contributed by atoms with E-state index in [0.29, 0.717) is 28.5 Å². The Labute approximate surface area is 147 Å². The van der Waals surface area contributed by atoms with Gasteiger partial charge in [-0.15, -0.1) is 0 Å². The Morgan fingerprint density at radius 3 is 2.60 bits per heavy atom. The molecule has 2 aromatic rings. The lowest BCUT2D eigenvalue weighted by Crippen LogP contribution is -2.35. The molecule has 1 aromatic heterocycles. The van der Waals surface area contributed by atoms with Gasteiger partial charge >= 0.3 is 0 Å². The number of aromatic nitrogens is 2. The Balaban J connectivity index is 2.28. The summed E-state index contributed by atoms with van der Waals surface area (Å²) in [5.41, 5.74) is 2.90. The molecule has 0 fully saturated rings. The van der Waals surface area contributed by atoms with Gasteiger partial charge in [-0.2, -0.15) is 5.10 Å². The molecule has 2 amide bonds. The number of aryl methyl sites for hydroxylation is 1. The molecule has 1 aliphatic heterocycles. The number of hydrogen-bond acceptors (Lipinski definition) is 4. The van der Waals surface area contributed by atoms with Crippen LogP contribution in [-0.2, 0) is 4.79 Å². The number of likely N-dealkylation sites (N-methyl/N-ethyl adjacent to an activating group) is 1. The zero-order valence-corrected chi connectivity index (χ0v) is 15.2. The third kappa shape index (κ3) is 2.91. The Morgan fingerprint density at radius 2 is 1.96 bits per heavy atom. The van der Waals surface area contributed by atoms with Gasteiger partial charge < -0.3 is 10.2 Å². The van der Waals surface area contributed by atoms with Crippen molar-refractivity contribution in [2.24, 2.45) is 0 Å². The normalized spacial score (nSPS) is 13.6. The van der Waals surface area contributed by atoms with E-state index in [1.165, 1.54) is 0 Å². The number of fused-ring (bicyclic) bond motifs is 2. The van der Waals surface area contributed by atoms with Gasteiger partial charge in [0.1, 0.15) is 5.69 Å². The van der Waals surface area contributed by atoms with Crippen LogP contribution in [0.15, 0.2) is 24.3 Å². The number of carbonyl (C=O) groups excluding carboxylic acids is 2. The monoisotopic (exact) mass is 341 g/mol. The molecule has 1 aromatic carbocycles. The molecule has 25 heavy (non-hydrogen) atoms. The highest BCUT2D eigenvalue weighted by Crippen LogP contribution is 2.40. The second-order valence-corrected chi connectivity index (χ2v) is 6.76. The topological polar surface area (TPSA) is 70.5 Å². The zero-order chi connectivity index (χ0) is 18.3. The molecule has 1 aliphatic rings. The number of rotatable bonds is 3. The fourth-order valence-electron chi connectivity index (χ4n) is 3.07. The first-order chi connectivity index (χ1) is 11.8. The van der Waals surface area contributed by atoms with Crippen LogP contribution in [-0.4, -0.2) is 47.1 Å². The van der Waals surface area contributed by atoms with Crippen LogP contribution in [0.5, 0.6) is 0 Å². The molecule has 0 radical (unpaired) electrons. The summed E-state index contributed by atoms with van der Waals surface area (Å²) >= 11 is 0. The van der Waals surface area contributed by atoms with Crippen molar-refractivity contribution in [2.45, 2.75) is 26.8 Å². The number of hydrogen-bond donors (Lipinski definition) is 1. The molecule has 1 N–H and O–H groups in total. The van der Waals surface area contributed by atoms with E-state index >= 15 is 0 Å². The van der Waals surface area contributed by atoms with Gasteiger partial charge in [-0.05, 0) is 47.0 Å². The minimum Gasteiger partial charge on any atom is -0.319 e. The van der Waals surface area contributed by atoms with E-state index in [-0.39, 0.29) is 24.4 Å². The maximum Gasteiger partial charge on any atom is 0.276 e. The summed E-state index contributed by atoms with van der Waals surface area (Å²) in [6, 6.07) is 7.33. The third-order valence-corrected chi connectivity index (χ3v) is 4.08. The fourth-order valence-corrected chi connectivity index (χ4v) is 3.07. The van der Waals surface area contributed by atoms with E-state index in [2.05, 4.69) is 10.4 Å². The summed E-state index contributed by atoms with van der Waals surface area (Å²) in [7, 11) is 3.69. The lowest BCUT2D eigenvalue weighted by Gasteiger charge is -2.24. The molecular formula is C18H23N5O2. The Kier molecular flexibility index (Phi) is 4.34. The standard InChI is InChI=1S/C18H23N5O2/c1-11(2)23-17-16(12(3)20-23)22(15(24)10-21(4)5)14-9-7-6-8-13(14)19-18(17)25/h6-9,11H,10H2,1-5H3,(H,19,25). The maximum absolute atomic E-state index is 13.0. The number of amides is 2. The zero-order valence-electron chi connectivity index (χ0n) is 15.2. The van der Waals surface area contributed by atoms with Crippen LogP contribution in [0.4, 0.5) is 17.1 Å². The second kappa shape index (κ2) is 6.33. The summed E-state index contributed by atoms with van der Waals surface area (Å²) in [4.78, 5) is 29.3. The van der Waals surface area contributed by atoms with Gasteiger partial charge in [0.15, 0.2) is 5.69 Å². The van der Waals surface area contributed by atoms with Gasteiger partial charge in [-0.3, -0.25) is 19.2 Å². The Hall–Kier alpha value is -2.67. The number of nitrogens with one attached hydrogen (secondary N) is 1.